The van der Waals surface area contributed by atoms with Gasteiger partial charge in [-0.25, -0.2) is 0 Å². The first-order valence-corrected chi connectivity index (χ1v) is 7.08. The van der Waals surface area contributed by atoms with Crippen molar-refractivity contribution < 1.29 is 9.84 Å². The highest BCUT2D eigenvalue weighted by Gasteiger charge is 2.13. The van der Waals surface area contributed by atoms with E-state index in [1.54, 1.807) is 18.3 Å². The summed E-state index contributed by atoms with van der Waals surface area (Å²) in [5, 5.41) is 9.79. The second-order valence-electron chi connectivity index (χ2n) is 4.91. The summed E-state index contributed by atoms with van der Waals surface area (Å²) in [6.07, 6.45) is 1.70. The molecule has 0 aromatic heterocycles. The van der Waals surface area contributed by atoms with Gasteiger partial charge in [0, 0.05) is 24.9 Å². The molecule has 2 aromatic carbocycles. The molecule has 3 rings (SSSR count). The summed E-state index contributed by atoms with van der Waals surface area (Å²) in [5.74, 6) is 0.241. The van der Waals surface area contributed by atoms with Gasteiger partial charge < -0.3 is 14.7 Å². The highest BCUT2D eigenvalue weighted by molar-refractivity contribution is 5.87. The number of anilines is 1. The van der Waals surface area contributed by atoms with Crippen LogP contribution >= 0.6 is 0 Å². The Morgan fingerprint density at radius 2 is 1.71 bits per heavy atom. The zero-order chi connectivity index (χ0) is 14.5. The molecule has 2 aromatic rings. The molecular formula is C17H18N2O2. The van der Waals surface area contributed by atoms with Crippen molar-refractivity contribution in [2.24, 2.45) is 4.99 Å². The topological polar surface area (TPSA) is 45.1 Å². The van der Waals surface area contributed by atoms with Crippen molar-refractivity contribution in [3.63, 3.8) is 0 Å². The Hall–Kier alpha value is -2.33. The quantitative estimate of drug-likeness (QED) is 0.880. The number of rotatable bonds is 3. The van der Waals surface area contributed by atoms with Gasteiger partial charge in [-0.2, -0.15) is 0 Å². The van der Waals surface area contributed by atoms with E-state index in [9.17, 15) is 5.11 Å². The minimum atomic E-state index is 0.241. The SMILES string of the molecule is Oc1ccccc1C=Nc1ccccc1N1CCOCC1. The lowest BCUT2D eigenvalue weighted by Crippen LogP contribution is -2.36. The van der Waals surface area contributed by atoms with Crippen LogP contribution in [-0.4, -0.2) is 37.6 Å². The van der Waals surface area contributed by atoms with Gasteiger partial charge in [-0.05, 0) is 24.3 Å². The lowest BCUT2D eigenvalue weighted by Gasteiger charge is -2.29. The van der Waals surface area contributed by atoms with Gasteiger partial charge in [0.15, 0.2) is 0 Å². The number of nitrogens with zero attached hydrogens (tertiary/aromatic N) is 2. The van der Waals surface area contributed by atoms with Crippen LogP contribution in [0.1, 0.15) is 5.56 Å². The molecule has 0 radical (unpaired) electrons. The smallest absolute Gasteiger partial charge is 0.124 e. The zero-order valence-corrected chi connectivity index (χ0v) is 11.8. The molecule has 108 valence electrons. The minimum absolute atomic E-state index is 0.241. The molecule has 1 fully saturated rings. The lowest BCUT2D eigenvalue weighted by molar-refractivity contribution is 0.123. The molecule has 0 atom stereocenters. The van der Waals surface area contributed by atoms with Crippen LogP contribution in [0.5, 0.6) is 5.75 Å². The van der Waals surface area contributed by atoms with Crippen LogP contribution in [0.25, 0.3) is 0 Å². The van der Waals surface area contributed by atoms with E-state index in [1.165, 1.54) is 0 Å². The average molecular weight is 282 g/mol. The Kier molecular flexibility index (Phi) is 4.17. The first-order valence-electron chi connectivity index (χ1n) is 7.08. The van der Waals surface area contributed by atoms with Crippen LogP contribution in [-0.2, 0) is 4.74 Å². The number of phenols is 1. The number of hydrogen-bond donors (Lipinski definition) is 1. The molecule has 0 saturated carbocycles. The van der Waals surface area contributed by atoms with E-state index in [1.807, 2.05) is 30.3 Å². The number of hydrogen-bond acceptors (Lipinski definition) is 4. The van der Waals surface area contributed by atoms with Crippen molar-refractivity contribution in [3.8, 4) is 5.75 Å². The third-order valence-electron chi connectivity index (χ3n) is 3.51. The molecule has 4 nitrogen and oxygen atoms in total. The molecule has 0 aliphatic carbocycles. The van der Waals surface area contributed by atoms with Crippen LogP contribution in [0, 0.1) is 0 Å². The van der Waals surface area contributed by atoms with E-state index in [0.717, 1.165) is 37.7 Å². The highest BCUT2D eigenvalue weighted by Crippen LogP contribution is 2.29. The molecule has 1 aliphatic rings. The largest absolute Gasteiger partial charge is 0.507 e. The fourth-order valence-corrected chi connectivity index (χ4v) is 2.38. The minimum Gasteiger partial charge on any atom is -0.507 e. The van der Waals surface area contributed by atoms with Crippen LogP contribution in [0.15, 0.2) is 53.5 Å². The maximum Gasteiger partial charge on any atom is 0.124 e. The molecule has 0 spiro atoms. The van der Waals surface area contributed by atoms with Gasteiger partial charge in [-0.1, -0.05) is 24.3 Å². The van der Waals surface area contributed by atoms with Crippen LogP contribution in [0.4, 0.5) is 11.4 Å². The molecule has 0 amide bonds. The molecule has 1 saturated heterocycles. The number of aliphatic imine (C=N–C) groups is 1. The van der Waals surface area contributed by atoms with Crippen molar-refractivity contribution in [2.45, 2.75) is 0 Å². The van der Waals surface area contributed by atoms with Gasteiger partial charge in [0.1, 0.15) is 5.75 Å². The predicted octanol–water partition coefficient (Wildman–Crippen LogP) is 2.98. The fourth-order valence-electron chi connectivity index (χ4n) is 2.38. The number of benzene rings is 2. The van der Waals surface area contributed by atoms with E-state index in [4.69, 9.17) is 4.74 Å². The maximum atomic E-state index is 9.79. The summed E-state index contributed by atoms with van der Waals surface area (Å²) in [6.45, 7) is 3.25. The van der Waals surface area contributed by atoms with Crippen LogP contribution in [0.2, 0.25) is 0 Å². The Labute approximate surface area is 124 Å². The number of para-hydroxylation sites is 3. The molecule has 1 N–H and O–H groups in total. The van der Waals surface area contributed by atoms with Gasteiger partial charge in [-0.3, -0.25) is 4.99 Å². The number of ether oxygens (including phenoxy) is 1. The Bertz CT molecular complexity index is 634. The molecule has 1 aliphatic heterocycles. The Morgan fingerprint density at radius 1 is 1.00 bits per heavy atom. The number of morpholine rings is 1. The average Bonchev–Trinajstić information content (AvgIpc) is 2.55. The van der Waals surface area contributed by atoms with Crippen LogP contribution in [0.3, 0.4) is 0 Å². The van der Waals surface area contributed by atoms with E-state index in [2.05, 4.69) is 16.0 Å². The van der Waals surface area contributed by atoms with Gasteiger partial charge in [0.2, 0.25) is 0 Å². The van der Waals surface area contributed by atoms with Crippen LogP contribution < -0.4 is 4.90 Å². The lowest BCUT2D eigenvalue weighted by atomic mass is 10.2. The number of phenolic OH excluding ortho intramolecular Hbond substituents is 1. The third-order valence-corrected chi connectivity index (χ3v) is 3.51. The normalized spacial score (nSPS) is 15.5. The second kappa shape index (κ2) is 6.41. The first kappa shape index (κ1) is 13.6. The first-order chi connectivity index (χ1) is 10.3. The van der Waals surface area contributed by atoms with E-state index >= 15 is 0 Å². The van der Waals surface area contributed by atoms with Gasteiger partial charge in [0.25, 0.3) is 0 Å². The molecule has 0 bridgehead atoms. The van der Waals surface area contributed by atoms with E-state index in [-0.39, 0.29) is 5.75 Å². The molecular weight excluding hydrogens is 264 g/mol. The van der Waals surface area contributed by atoms with Gasteiger partial charge >= 0.3 is 0 Å². The van der Waals surface area contributed by atoms with Crippen molar-refractivity contribution in [3.05, 3.63) is 54.1 Å². The van der Waals surface area contributed by atoms with Gasteiger partial charge in [0.05, 0.1) is 24.6 Å². The Morgan fingerprint density at radius 3 is 2.52 bits per heavy atom. The summed E-state index contributed by atoms with van der Waals surface area (Å²) in [7, 11) is 0. The van der Waals surface area contributed by atoms with Gasteiger partial charge in [-0.15, -0.1) is 0 Å². The summed E-state index contributed by atoms with van der Waals surface area (Å²) < 4.78 is 5.39. The fraction of sp³-hybridized carbons (Fsp3) is 0.235. The Balaban J connectivity index is 1.87. The third kappa shape index (κ3) is 3.23. The van der Waals surface area contributed by atoms with Crippen molar-refractivity contribution >= 4 is 17.6 Å². The maximum absolute atomic E-state index is 9.79. The predicted molar refractivity (Wildman–Crippen MR) is 84.8 cm³/mol. The molecule has 1 heterocycles. The van der Waals surface area contributed by atoms with E-state index < -0.39 is 0 Å². The zero-order valence-electron chi connectivity index (χ0n) is 11.8. The summed E-state index contributed by atoms with van der Waals surface area (Å²) in [6, 6.07) is 15.2. The van der Waals surface area contributed by atoms with Crippen molar-refractivity contribution in [1.82, 2.24) is 0 Å². The molecule has 0 unspecified atom stereocenters. The summed E-state index contributed by atoms with van der Waals surface area (Å²) in [5.41, 5.74) is 2.73. The van der Waals surface area contributed by atoms with Crippen molar-refractivity contribution in [1.29, 1.82) is 0 Å². The summed E-state index contributed by atoms with van der Waals surface area (Å²) in [4.78, 5) is 6.82. The molecule has 4 heteroatoms. The van der Waals surface area contributed by atoms with Crippen molar-refractivity contribution in [2.75, 3.05) is 31.2 Å². The highest BCUT2D eigenvalue weighted by atomic mass is 16.5. The second-order valence-corrected chi connectivity index (χ2v) is 4.91. The molecule has 21 heavy (non-hydrogen) atoms. The number of aromatic hydroxyl groups is 1. The summed E-state index contributed by atoms with van der Waals surface area (Å²) >= 11 is 0. The monoisotopic (exact) mass is 282 g/mol. The standard InChI is InChI=1S/C17H18N2O2/c20-17-8-4-1-5-14(17)13-18-15-6-2-3-7-16(15)19-9-11-21-12-10-19/h1-8,13,20H,9-12H2. The van der Waals surface area contributed by atoms with E-state index in [0.29, 0.717) is 5.56 Å².